The molecule has 4 fully saturated rings. The summed E-state index contributed by atoms with van der Waals surface area (Å²) in [6, 6.07) is 3.10. The maximum Gasteiger partial charge on any atom is 0.162 e. The first kappa shape index (κ1) is 16.1. The summed E-state index contributed by atoms with van der Waals surface area (Å²) in [4.78, 5) is 11.6. The average molecular weight is 330 g/mol. The lowest BCUT2D eigenvalue weighted by molar-refractivity contribution is -0.0746. The highest BCUT2D eigenvalue weighted by molar-refractivity contribution is 5.94. The lowest BCUT2D eigenvalue weighted by Crippen LogP contribution is -2.48. The van der Waals surface area contributed by atoms with Crippen molar-refractivity contribution in [2.75, 3.05) is 6.61 Å². The Morgan fingerprint density at radius 3 is 2.25 bits per heavy atom. The molecule has 0 saturated heterocycles. The third-order valence-corrected chi connectivity index (χ3v) is 6.61. The molecule has 24 heavy (non-hydrogen) atoms. The molecule has 4 aliphatic carbocycles. The van der Waals surface area contributed by atoms with Gasteiger partial charge in [0.05, 0.1) is 12.2 Å². The van der Waals surface area contributed by atoms with Crippen molar-refractivity contribution < 1.29 is 13.9 Å². The van der Waals surface area contributed by atoms with Crippen molar-refractivity contribution in [3.8, 4) is 5.75 Å². The minimum absolute atomic E-state index is 0.175. The normalized spacial score (nSPS) is 33.7. The van der Waals surface area contributed by atoms with Crippen LogP contribution >= 0.6 is 0 Å². The molecule has 3 heteroatoms. The number of ether oxygens (including phenoxy) is 1. The van der Waals surface area contributed by atoms with Crippen molar-refractivity contribution in [3.05, 3.63) is 29.1 Å². The van der Waals surface area contributed by atoms with Crippen LogP contribution in [0.2, 0.25) is 0 Å². The summed E-state index contributed by atoms with van der Waals surface area (Å²) < 4.78 is 20.4. The van der Waals surface area contributed by atoms with Gasteiger partial charge in [-0.1, -0.05) is 6.92 Å². The van der Waals surface area contributed by atoms with Gasteiger partial charge in [0.2, 0.25) is 0 Å². The summed E-state index contributed by atoms with van der Waals surface area (Å²) in [6.07, 6.45) is 8.86. The zero-order valence-electron chi connectivity index (χ0n) is 14.7. The topological polar surface area (TPSA) is 26.3 Å². The first-order valence-electron chi connectivity index (χ1n) is 9.44. The number of Topliss-reactive ketones (excluding diaryl/α,β-unsaturated/α-hetero) is 1. The maximum absolute atomic E-state index is 14.2. The molecule has 0 atom stereocenters. The molecule has 1 aromatic carbocycles. The molecule has 0 aliphatic heterocycles. The molecule has 4 bridgehead atoms. The van der Waals surface area contributed by atoms with Crippen LogP contribution in [-0.4, -0.2) is 12.4 Å². The quantitative estimate of drug-likeness (QED) is 0.695. The molecular weight excluding hydrogens is 303 g/mol. The summed E-state index contributed by atoms with van der Waals surface area (Å²) in [6.45, 7) is 4.14. The molecule has 2 nitrogen and oxygen atoms in total. The van der Waals surface area contributed by atoms with Gasteiger partial charge in [0, 0.05) is 11.5 Å². The highest BCUT2D eigenvalue weighted by atomic mass is 19.1. The van der Waals surface area contributed by atoms with Crippen molar-refractivity contribution in [2.45, 2.75) is 58.8 Å². The summed E-state index contributed by atoms with van der Waals surface area (Å²) in [5.41, 5.74) is 1.43. The van der Waals surface area contributed by atoms with Crippen LogP contribution in [0.1, 0.15) is 68.3 Å². The predicted octanol–water partition coefficient (Wildman–Crippen LogP) is 5.19. The number of benzene rings is 1. The van der Waals surface area contributed by atoms with E-state index in [1.807, 2.05) is 6.92 Å². The van der Waals surface area contributed by atoms with E-state index >= 15 is 0 Å². The second-order valence-electron chi connectivity index (χ2n) is 8.56. The van der Waals surface area contributed by atoms with E-state index in [0.29, 0.717) is 17.8 Å². The summed E-state index contributed by atoms with van der Waals surface area (Å²) in [7, 11) is 0. The molecule has 0 radical (unpaired) electrons. The lowest BCUT2D eigenvalue weighted by Gasteiger charge is -2.56. The second-order valence-corrected chi connectivity index (χ2v) is 8.56. The third kappa shape index (κ3) is 2.76. The molecule has 0 N–H and O–H groups in total. The highest BCUT2D eigenvalue weighted by Gasteiger charge is 2.51. The number of aryl methyl sites for hydroxylation is 1. The molecule has 0 heterocycles. The highest BCUT2D eigenvalue weighted by Crippen LogP contribution is 2.60. The minimum atomic E-state index is -0.458. The number of carbonyl (C=O) groups excluding carboxylic acids is 1. The van der Waals surface area contributed by atoms with Gasteiger partial charge in [0.1, 0.15) is 11.6 Å². The molecule has 0 spiro atoms. The Labute approximate surface area is 143 Å². The van der Waals surface area contributed by atoms with E-state index in [9.17, 15) is 9.18 Å². The Bertz CT molecular complexity index is 629. The molecule has 4 saturated carbocycles. The maximum atomic E-state index is 14.2. The molecule has 130 valence electrons. The smallest absolute Gasteiger partial charge is 0.162 e. The van der Waals surface area contributed by atoms with E-state index in [1.54, 1.807) is 6.07 Å². The van der Waals surface area contributed by atoms with Gasteiger partial charge in [-0.25, -0.2) is 4.39 Å². The van der Waals surface area contributed by atoms with Crippen LogP contribution in [-0.2, 0) is 6.42 Å². The van der Waals surface area contributed by atoms with Crippen LogP contribution in [0.4, 0.5) is 4.39 Å². The van der Waals surface area contributed by atoms with E-state index in [2.05, 4.69) is 0 Å². The first-order valence-corrected chi connectivity index (χ1v) is 9.44. The SMILES string of the molecule is CCc1cc(C(C)=O)c(F)cc1OCC12CC3CC(CC(C3)C1)C2. The fraction of sp³-hybridized carbons (Fsp3) is 0.667. The Hall–Kier alpha value is -1.38. The lowest BCUT2D eigenvalue weighted by atomic mass is 9.50. The van der Waals surface area contributed by atoms with Crippen LogP contribution in [0.25, 0.3) is 0 Å². The van der Waals surface area contributed by atoms with Crippen LogP contribution < -0.4 is 4.74 Å². The van der Waals surface area contributed by atoms with Gasteiger partial charge >= 0.3 is 0 Å². The Morgan fingerprint density at radius 2 is 1.75 bits per heavy atom. The molecular formula is C21H27FO2. The van der Waals surface area contributed by atoms with Gasteiger partial charge in [-0.2, -0.15) is 0 Å². The Kier molecular flexibility index (Phi) is 3.93. The van der Waals surface area contributed by atoms with Gasteiger partial charge in [-0.05, 0) is 81.3 Å². The number of halogens is 1. The van der Waals surface area contributed by atoms with Gasteiger partial charge in [0.15, 0.2) is 5.78 Å². The van der Waals surface area contributed by atoms with E-state index in [1.165, 1.54) is 51.5 Å². The van der Waals surface area contributed by atoms with Gasteiger partial charge in [0.25, 0.3) is 0 Å². The Morgan fingerprint density at radius 1 is 1.17 bits per heavy atom. The average Bonchev–Trinajstić information content (AvgIpc) is 2.51. The van der Waals surface area contributed by atoms with E-state index in [0.717, 1.165) is 29.7 Å². The predicted molar refractivity (Wildman–Crippen MR) is 91.9 cm³/mol. The van der Waals surface area contributed by atoms with E-state index < -0.39 is 5.82 Å². The number of rotatable bonds is 5. The van der Waals surface area contributed by atoms with Crippen LogP contribution in [0.5, 0.6) is 5.75 Å². The fourth-order valence-electron chi connectivity index (χ4n) is 5.98. The van der Waals surface area contributed by atoms with Crippen LogP contribution in [0.15, 0.2) is 12.1 Å². The standard InChI is InChI=1S/C21H27FO2/c1-3-17-7-18(13(2)23)19(22)8-20(17)24-12-21-9-14-4-15(10-21)6-16(5-14)11-21/h7-8,14-16H,3-6,9-12H2,1-2H3. The number of hydrogen-bond donors (Lipinski definition) is 0. The van der Waals surface area contributed by atoms with Crippen molar-refractivity contribution >= 4 is 5.78 Å². The number of carbonyl (C=O) groups is 1. The summed E-state index contributed by atoms with van der Waals surface area (Å²) >= 11 is 0. The van der Waals surface area contributed by atoms with Crippen molar-refractivity contribution in [3.63, 3.8) is 0 Å². The second kappa shape index (κ2) is 5.86. The zero-order valence-corrected chi connectivity index (χ0v) is 14.7. The van der Waals surface area contributed by atoms with Crippen molar-refractivity contribution in [2.24, 2.45) is 23.2 Å². The van der Waals surface area contributed by atoms with E-state index in [-0.39, 0.29) is 11.3 Å². The molecule has 0 aromatic heterocycles. The summed E-state index contributed by atoms with van der Waals surface area (Å²) in [5, 5.41) is 0. The van der Waals surface area contributed by atoms with Gasteiger partial charge in [-0.15, -0.1) is 0 Å². The molecule has 5 rings (SSSR count). The van der Waals surface area contributed by atoms with Crippen molar-refractivity contribution in [1.82, 2.24) is 0 Å². The number of ketones is 1. The molecule has 1 aromatic rings. The van der Waals surface area contributed by atoms with Crippen LogP contribution in [0, 0.1) is 29.0 Å². The van der Waals surface area contributed by atoms with Crippen LogP contribution in [0.3, 0.4) is 0 Å². The zero-order chi connectivity index (χ0) is 16.9. The minimum Gasteiger partial charge on any atom is -0.493 e. The van der Waals surface area contributed by atoms with Gasteiger partial charge in [-0.3, -0.25) is 4.79 Å². The van der Waals surface area contributed by atoms with Crippen molar-refractivity contribution in [1.29, 1.82) is 0 Å². The largest absolute Gasteiger partial charge is 0.493 e. The third-order valence-electron chi connectivity index (χ3n) is 6.61. The Balaban J connectivity index is 1.54. The first-order chi connectivity index (χ1) is 11.5. The van der Waals surface area contributed by atoms with E-state index in [4.69, 9.17) is 4.74 Å². The fourth-order valence-corrected chi connectivity index (χ4v) is 5.98. The molecule has 4 aliphatic rings. The molecule has 0 amide bonds. The van der Waals surface area contributed by atoms with Gasteiger partial charge < -0.3 is 4.74 Å². The number of hydrogen-bond acceptors (Lipinski definition) is 2. The monoisotopic (exact) mass is 330 g/mol. The molecule has 0 unspecified atom stereocenters. The summed E-state index contributed by atoms with van der Waals surface area (Å²) in [5.74, 6) is 2.62.